The average molecular weight is 198 g/mol. The molecule has 0 bridgehead atoms. The van der Waals surface area contributed by atoms with Crippen molar-refractivity contribution < 1.29 is 4.79 Å². The van der Waals surface area contributed by atoms with Crippen LogP contribution in [-0.4, -0.2) is 22.9 Å². The minimum absolute atomic E-state index is 0.0474. The molecule has 0 saturated heterocycles. The molecule has 0 unspecified atom stereocenters. The predicted molar refractivity (Wildman–Crippen MR) is 61.0 cm³/mol. The molecule has 0 aliphatic carbocycles. The van der Waals surface area contributed by atoms with Crippen molar-refractivity contribution >= 4 is 5.91 Å². The third-order valence-electron chi connectivity index (χ3n) is 2.20. The van der Waals surface area contributed by atoms with Gasteiger partial charge in [-0.3, -0.25) is 4.79 Å². The van der Waals surface area contributed by atoms with Gasteiger partial charge in [0, 0.05) is 18.5 Å². The van der Waals surface area contributed by atoms with Gasteiger partial charge in [0.1, 0.15) is 0 Å². The third-order valence-corrected chi connectivity index (χ3v) is 2.20. The Kier molecular flexibility index (Phi) is 5.82. The molecule has 0 saturated carbocycles. The summed E-state index contributed by atoms with van der Waals surface area (Å²) in [5, 5.41) is 0. The monoisotopic (exact) mass is 198 g/mol. The van der Waals surface area contributed by atoms with Crippen molar-refractivity contribution in [3.8, 4) is 0 Å². The lowest BCUT2D eigenvalue weighted by Gasteiger charge is -2.35. The molecule has 0 aliphatic rings. The number of hydrogen-bond acceptors (Lipinski definition) is 1. The lowest BCUT2D eigenvalue weighted by atomic mass is 10.0. The lowest BCUT2D eigenvalue weighted by molar-refractivity contribution is -0.136. The topological polar surface area (TPSA) is 20.3 Å². The third kappa shape index (κ3) is 4.64. The van der Waals surface area contributed by atoms with Crippen molar-refractivity contribution in [2.75, 3.05) is 6.54 Å². The summed E-state index contributed by atoms with van der Waals surface area (Å²) in [6, 6.07) is 0. The number of rotatable bonds is 5. The Morgan fingerprint density at radius 2 is 1.93 bits per heavy atom. The van der Waals surface area contributed by atoms with Gasteiger partial charge in [-0.1, -0.05) is 20.3 Å². The lowest BCUT2D eigenvalue weighted by Crippen LogP contribution is -2.45. The molecule has 2 nitrogen and oxygen atoms in total. The summed E-state index contributed by atoms with van der Waals surface area (Å²) < 4.78 is 0. The fourth-order valence-electron chi connectivity index (χ4n) is 1.47. The van der Waals surface area contributed by atoms with Gasteiger partial charge < -0.3 is 4.90 Å². The van der Waals surface area contributed by atoms with Crippen molar-refractivity contribution in [3.63, 3.8) is 0 Å². The maximum atomic E-state index is 11.8. The Morgan fingerprint density at radius 1 is 1.36 bits per heavy atom. The van der Waals surface area contributed by atoms with Gasteiger partial charge in [0.2, 0.25) is 5.91 Å². The van der Waals surface area contributed by atoms with Gasteiger partial charge in [0.25, 0.3) is 0 Å². The SMILES string of the molecule is [CH2]CCCC(=O)N(CCC)C(C)(C)C. The van der Waals surface area contributed by atoms with Crippen LogP contribution < -0.4 is 0 Å². The van der Waals surface area contributed by atoms with E-state index in [-0.39, 0.29) is 11.4 Å². The second kappa shape index (κ2) is 6.05. The second-order valence-electron chi connectivity index (χ2n) is 4.67. The number of amides is 1. The first kappa shape index (κ1) is 13.5. The number of carbonyl (C=O) groups is 1. The van der Waals surface area contributed by atoms with Gasteiger partial charge in [-0.05, 0) is 33.6 Å². The number of unbranched alkanes of at least 4 members (excludes halogenated alkanes) is 1. The van der Waals surface area contributed by atoms with E-state index in [4.69, 9.17) is 0 Å². The summed E-state index contributed by atoms with van der Waals surface area (Å²) in [5.74, 6) is 0.267. The summed E-state index contributed by atoms with van der Waals surface area (Å²) in [6.45, 7) is 13.0. The fourth-order valence-corrected chi connectivity index (χ4v) is 1.47. The van der Waals surface area contributed by atoms with E-state index >= 15 is 0 Å². The quantitative estimate of drug-likeness (QED) is 0.665. The van der Waals surface area contributed by atoms with E-state index < -0.39 is 0 Å². The van der Waals surface area contributed by atoms with E-state index in [0.717, 1.165) is 25.8 Å². The zero-order valence-electron chi connectivity index (χ0n) is 10.1. The molecule has 1 radical (unpaired) electrons. The van der Waals surface area contributed by atoms with Gasteiger partial charge in [-0.2, -0.15) is 0 Å². The first-order valence-corrected chi connectivity index (χ1v) is 5.53. The van der Waals surface area contributed by atoms with Crippen LogP contribution in [-0.2, 0) is 4.79 Å². The Balaban J connectivity index is 4.26. The minimum Gasteiger partial charge on any atom is -0.338 e. The van der Waals surface area contributed by atoms with E-state index in [1.165, 1.54) is 0 Å². The van der Waals surface area contributed by atoms with E-state index in [0.29, 0.717) is 6.42 Å². The van der Waals surface area contributed by atoms with E-state index in [1.807, 2.05) is 4.90 Å². The van der Waals surface area contributed by atoms with E-state index in [2.05, 4.69) is 34.6 Å². The van der Waals surface area contributed by atoms with Gasteiger partial charge in [-0.25, -0.2) is 0 Å². The molecule has 0 rings (SSSR count). The molecule has 0 aliphatic heterocycles. The highest BCUT2D eigenvalue weighted by molar-refractivity contribution is 5.76. The maximum Gasteiger partial charge on any atom is 0.222 e. The Morgan fingerprint density at radius 3 is 2.29 bits per heavy atom. The van der Waals surface area contributed by atoms with Gasteiger partial charge in [0.05, 0.1) is 0 Å². The molecule has 1 amide bonds. The summed E-state index contributed by atoms with van der Waals surface area (Å²) >= 11 is 0. The number of hydrogen-bond donors (Lipinski definition) is 0. The molecule has 83 valence electrons. The van der Waals surface area contributed by atoms with Crippen molar-refractivity contribution in [3.05, 3.63) is 6.92 Å². The van der Waals surface area contributed by atoms with Crippen LogP contribution in [0.5, 0.6) is 0 Å². The number of nitrogens with zero attached hydrogens (tertiary/aromatic N) is 1. The van der Waals surface area contributed by atoms with Crippen molar-refractivity contribution in [2.45, 2.75) is 58.9 Å². The summed E-state index contributed by atoms with van der Waals surface area (Å²) in [4.78, 5) is 13.8. The van der Waals surface area contributed by atoms with Crippen LogP contribution in [0.25, 0.3) is 0 Å². The first-order chi connectivity index (χ1) is 6.43. The van der Waals surface area contributed by atoms with Crippen LogP contribution in [0.2, 0.25) is 0 Å². The molecular formula is C12H24NO. The number of carbonyl (C=O) groups excluding carboxylic acids is 1. The smallest absolute Gasteiger partial charge is 0.222 e. The highest BCUT2D eigenvalue weighted by Crippen LogP contribution is 2.16. The Labute approximate surface area is 88.7 Å². The largest absolute Gasteiger partial charge is 0.338 e. The molecule has 0 aromatic carbocycles. The molecule has 2 heteroatoms. The highest BCUT2D eigenvalue weighted by Gasteiger charge is 2.24. The predicted octanol–water partition coefficient (Wildman–Crippen LogP) is 3.03. The van der Waals surface area contributed by atoms with Crippen LogP contribution in [0.15, 0.2) is 0 Å². The highest BCUT2D eigenvalue weighted by atomic mass is 16.2. The van der Waals surface area contributed by atoms with Crippen molar-refractivity contribution in [2.24, 2.45) is 0 Å². The Hall–Kier alpha value is -0.530. The van der Waals surface area contributed by atoms with Crippen molar-refractivity contribution in [1.82, 2.24) is 4.90 Å². The van der Waals surface area contributed by atoms with Crippen LogP contribution in [0, 0.1) is 6.92 Å². The second-order valence-corrected chi connectivity index (χ2v) is 4.67. The molecule has 0 aromatic rings. The van der Waals surface area contributed by atoms with Crippen LogP contribution in [0.3, 0.4) is 0 Å². The molecule has 0 atom stereocenters. The van der Waals surface area contributed by atoms with Crippen LogP contribution in [0.1, 0.15) is 53.4 Å². The first-order valence-electron chi connectivity index (χ1n) is 5.53. The molecule has 0 aromatic heterocycles. The molecule has 14 heavy (non-hydrogen) atoms. The Bertz CT molecular complexity index is 170. The minimum atomic E-state index is -0.0474. The summed E-state index contributed by atoms with van der Waals surface area (Å²) in [5.41, 5.74) is -0.0474. The maximum absolute atomic E-state index is 11.8. The normalized spacial score (nSPS) is 11.5. The summed E-state index contributed by atoms with van der Waals surface area (Å²) in [7, 11) is 0. The molecule has 0 spiro atoms. The molecule has 0 heterocycles. The summed E-state index contributed by atoms with van der Waals surface area (Å²) in [6.07, 6.45) is 3.40. The van der Waals surface area contributed by atoms with E-state index in [1.54, 1.807) is 0 Å². The zero-order chi connectivity index (χ0) is 11.2. The molecular weight excluding hydrogens is 174 g/mol. The van der Waals surface area contributed by atoms with Gasteiger partial charge >= 0.3 is 0 Å². The van der Waals surface area contributed by atoms with Crippen LogP contribution in [0.4, 0.5) is 0 Å². The van der Waals surface area contributed by atoms with Gasteiger partial charge in [-0.15, -0.1) is 0 Å². The fraction of sp³-hybridized carbons (Fsp3) is 0.833. The van der Waals surface area contributed by atoms with Crippen molar-refractivity contribution in [1.29, 1.82) is 0 Å². The average Bonchev–Trinajstić information content (AvgIpc) is 2.08. The van der Waals surface area contributed by atoms with Crippen LogP contribution >= 0.6 is 0 Å². The standard InChI is InChI=1S/C12H24NO/c1-6-8-9-11(14)13(10-7-2)12(3,4)5/h1,6-10H2,2-5H3. The molecule has 0 N–H and O–H groups in total. The van der Waals surface area contributed by atoms with E-state index in [9.17, 15) is 4.79 Å². The zero-order valence-corrected chi connectivity index (χ0v) is 10.1. The van der Waals surface area contributed by atoms with Gasteiger partial charge in [0.15, 0.2) is 0 Å². The molecule has 0 fully saturated rings.